The highest BCUT2D eigenvalue weighted by molar-refractivity contribution is 6.30. The Morgan fingerprint density at radius 3 is 2.95 bits per heavy atom. The van der Waals surface area contributed by atoms with Gasteiger partial charge in [-0.15, -0.1) is 0 Å². The number of halogens is 1. The minimum atomic E-state index is -0.0685. The van der Waals surface area contributed by atoms with E-state index in [9.17, 15) is 0 Å². The third-order valence-corrected chi connectivity index (χ3v) is 4.33. The first-order valence-electron chi connectivity index (χ1n) is 7.46. The summed E-state index contributed by atoms with van der Waals surface area (Å²) in [5, 5.41) is 0.705. The monoisotopic (exact) mass is 296 g/mol. The first kappa shape index (κ1) is 15.6. The van der Waals surface area contributed by atoms with Crippen LogP contribution in [0.1, 0.15) is 44.2 Å². The number of hydrogen-bond acceptors (Lipinski definition) is 3. The predicted octanol–water partition coefficient (Wildman–Crippen LogP) is 3.61. The Morgan fingerprint density at radius 1 is 1.45 bits per heavy atom. The molecule has 4 heteroatoms. The molecule has 0 radical (unpaired) electrons. The summed E-state index contributed by atoms with van der Waals surface area (Å²) < 4.78 is 5.94. The van der Waals surface area contributed by atoms with Gasteiger partial charge in [0.05, 0.1) is 6.61 Å². The zero-order valence-electron chi connectivity index (χ0n) is 12.4. The quantitative estimate of drug-likeness (QED) is 0.902. The van der Waals surface area contributed by atoms with E-state index in [1.807, 2.05) is 25.1 Å². The van der Waals surface area contributed by atoms with Crippen molar-refractivity contribution in [3.63, 3.8) is 0 Å². The molecule has 0 aromatic heterocycles. The number of nitrogens with two attached hydrogens (primary N) is 1. The molecule has 1 heterocycles. The van der Waals surface area contributed by atoms with E-state index in [1.54, 1.807) is 0 Å². The fraction of sp³-hybridized carbons (Fsp3) is 0.625. The zero-order valence-corrected chi connectivity index (χ0v) is 13.2. The van der Waals surface area contributed by atoms with Crippen molar-refractivity contribution in [2.24, 2.45) is 5.73 Å². The number of benzene rings is 1. The fourth-order valence-electron chi connectivity index (χ4n) is 2.82. The number of piperidine rings is 1. The largest absolute Gasteiger partial charge is 0.493 e. The van der Waals surface area contributed by atoms with Crippen LogP contribution in [0.15, 0.2) is 18.2 Å². The maximum Gasteiger partial charge on any atom is 0.124 e. The number of ether oxygens (including phenoxy) is 1. The SMILES string of the molecule is CC(N)c1cc(Cl)ccc1OCCC1CCCCN1C. The van der Waals surface area contributed by atoms with Crippen molar-refractivity contribution in [1.82, 2.24) is 4.90 Å². The lowest BCUT2D eigenvalue weighted by atomic mass is 10.0. The molecular weight excluding hydrogens is 272 g/mol. The second kappa shape index (κ2) is 7.30. The molecule has 1 aromatic carbocycles. The van der Waals surface area contributed by atoms with Gasteiger partial charge in [0.25, 0.3) is 0 Å². The van der Waals surface area contributed by atoms with Gasteiger partial charge in [0.1, 0.15) is 5.75 Å². The van der Waals surface area contributed by atoms with Crippen LogP contribution in [0.5, 0.6) is 5.75 Å². The van der Waals surface area contributed by atoms with Crippen molar-refractivity contribution >= 4 is 11.6 Å². The normalized spacial score (nSPS) is 21.7. The number of likely N-dealkylation sites (tertiary alicyclic amines) is 1. The lowest BCUT2D eigenvalue weighted by Crippen LogP contribution is -2.37. The molecule has 0 aliphatic carbocycles. The molecule has 2 atom stereocenters. The molecule has 20 heavy (non-hydrogen) atoms. The number of rotatable bonds is 5. The van der Waals surface area contributed by atoms with Crippen molar-refractivity contribution in [3.8, 4) is 5.75 Å². The Hall–Kier alpha value is -0.770. The lowest BCUT2D eigenvalue weighted by molar-refractivity contribution is 0.152. The van der Waals surface area contributed by atoms with Gasteiger partial charge in [-0.2, -0.15) is 0 Å². The first-order valence-corrected chi connectivity index (χ1v) is 7.84. The summed E-state index contributed by atoms with van der Waals surface area (Å²) in [6.07, 6.45) is 5.00. The highest BCUT2D eigenvalue weighted by Crippen LogP contribution is 2.27. The average Bonchev–Trinajstić information content (AvgIpc) is 2.42. The molecule has 0 spiro atoms. The Kier molecular flexibility index (Phi) is 5.70. The van der Waals surface area contributed by atoms with E-state index in [0.29, 0.717) is 11.1 Å². The summed E-state index contributed by atoms with van der Waals surface area (Å²) in [6.45, 7) is 3.89. The van der Waals surface area contributed by atoms with Gasteiger partial charge in [0.15, 0.2) is 0 Å². The average molecular weight is 297 g/mol. The van der Waals surface area contributed by atoms with E-state index < -0.39 is 0 Å². The minimum Gasteiger partial charge on any atom is -0.493 e. The highest BCUT2D eigenvalue weighted by atomic mass is 35.5. The van der Waals surface area contributed by atoms with Crippen molar-refractivity contribution < 1.29 is 4.74 Å². The van der Waals surface area contributed by atoms with Crippen LogP contribution in [-0.2, 0) is 0 Å². The Morgan fingerprint density at radius 2 is 2.25 bits per heavy atom. The number of hydrogen-bond donors (Lipinski definition) is 1. The lowest BCUT2D eigenvalue weighted by Gasteiger charge is -2.32. The molecule has 0 bridgehead atoms. The van der Waals surface area contributed by atoms with Crippen molar-refractivity contribution in [2.75, 3.05) is 20.2 Å². The van der Waals surface area contributed by atoms with Crippen LogP contribution in [0.2, 0.25) is 5.02 Å². The Labute approximate surface area is 127 Å². The molecule has 1 aliphatic rings. The Balaban J connectivity index is 1.90. The van der Waals surface area contributed by atoms with Gasteiger partial charge < -0.3 is 15.4 Å². The van der Waals surface area contributed by atoms with Crippen LogP contribution in [0.25, 0.3) is 0 Å². The summed E-state index contributed by atoms with van der Waals surface area (Å²) in [5.74, 6) is 0.864. The van der Waals surface area contributed by atoms with E-state index in [0.717, 1.165) is 24.3 Å². The second-order valence-electron chi connectivity index (χ2n) is 5.74. The summed E-state index contributed by atoms with van der Waals surface area (Å²) in [7, 11) is 2.21. The van der Waals surface area contributed by atoms with Crippen LogP contribution in [0, 0.1) is 0 Å². The van der Waals surface area contributed by atoms with Gasteiger partial charge in [-0.05, 0) is 58.0 Å². The molecule has 1 fully saturated rings. The van der Waals surface area contributed by atoms with Crippen molar-refractivity contribution in [1.29, 1.82) is 0 Å². The summed E-state index contributed by atoms with van der Waals surface area (Å²) in [4.78, 5) is 2.45. The molecule has 2 unspecified atom stereocenters. The second-order valence-corrected chi connectivity index (χ2v) is 6.17. The summed E-state index contributed by atoms with van der Waals surface area (Å²) in [5.41, 5.74) is 6.95. The van der Waals surface area contributed by atoms with E-state index in [2.05, 4.69) is 11.9 Å². The topological polar surface area (TPSA) is 38.5 Å². The maximum atomic E-state index is 6.02. The van der Waals surface area contributed by atoms with Gasteiger partial charge in [0, 0.05) is 22.7 Å². The summed E-state index contributed by atoms with van der Waals surface area (Å²) >= 11 is 6.02. The highest BCUT2D eigenvalue weighted by Gasteiger charge is 2.18. The molecule has 1 aliphatic heterocycles. The third kappa shape index (κ3) is 4.11. The van der Waals surface area contributed by atoms with E-state index in [-0.39, 0.29) is 6.04 Å². The van der Waals surface area contributed by atoms with Crippen molar-refractivity contribution in [2.45, 2.75) is 44.7 Å². The van der Waals surface area contributed by atoms with Gasteiger partial charge >= 0.3 is 0 Å². The van der Waals surface area contributed by atoms with Crippen LogP contribution >= 0.6 is 11.6 Å². The van der Waals surface area contributed by atoms with Crippen molar-refractivity contribution in [3.05, 3.63) is 28.8 Å². The maximum absolute atomic E-state index is 6.02. The molecular formula is C16H25ClN2O. The summed E-state index contributed by atoms with van der Waals surface area (Å²) in [6, 6.07) is 6.26. The molecule has 2 N–H and O–H groups in total. The number of nitrogens with zero attached hydrogens (tertiary/aromatic N) is 1. The standard InChI is InChI=1S/C16H25ClN2O/c1-12(18)15-11-13(17)6-7-16(15)20-10-8-14-5-3-4-9-19(14)2/h6-7,11-12,14H,3-5,8-10,18H2,1-2H3. The molecule has 1 saturated heterocycles. The van der Waals surface area contributed by atoms with Gasteiger partial charge in [-0.3, -0.25) is 0 Å². The molecule has 2 rings (SSSR count). The van der Waals surface area contributed by atoms with Gasteiger partial charge in [-0.1, -0.05) is 18.0 Å². The van der Waals surface area contributed by atoms with Crippen LogP contribution < -0.4 is 10.5 Å². The van der Waals surface area contributed by atoms with Gasteiger partial charge in [-0.25, -0.2) is 0 Å². The van der Waals surface area contributed by atoms with E-state index in [1.165, 1.54) is 25.8 Å². The molecule has 0 saturated carbocycles. The van der Waals surface area contributed by atoms with Crippen LogP contribution in [0.4, 0.5) is 0 Å². The molecule has 0 amide bonds. The minimum absolute atomic E-state index is 0.0685. The molecule has 1 aromatic rings. The molecule has 112 valence electrons. The Bertz CT molecular complexity index is 436. The predicted molar refractivity (Wildman–Crippen MR) is 84.4 cm³/mol. The van der Waals surface area contributed by atoms with Crippen LogP contribution in [-0.4, -0.2) is 31.1 Å². The van der Waals surface area contributed by atoms with E-state index >= 15 is 0 Å². The molecule has 3 nitrogen and oxygen atoms in total. The fourth-order valence-corrected chi connectivity index (χ4v) is 3.00. The smallest absolute Gasteiger partial charge is 0.124 e. The third-order valence-electron chi connectivity index (χ3n) is 4.09. The van der Waals surface area contributed by atoms with Crippen LogP contribution in [0.3, 0.4) is 0 Å². The zero-order chi connectivity index (χ0) is 14.5. The first-order chi connectivity index (χ1) is 9.58. The van der Waals surface area contributed by atoms with E-state index in [4.69, 9.17) is 22.1 Å². The van der Waals surface area contributed by atoms with Gasteiger partial charge in [0.2, 0.25) is 0 Å².